The number of nitrogens with zero attached hydrogens (tertiary/aromatic N) is 2. The van der Waals surface area contributed by atoms with Crippen LogP contribution in [0.1, 0.15) is 56.4 Å². The van der Waals surface area contributed by atoms with Crippen molar-refractivity contribution >= 4 is 17.7 Å². The largest absolute Gasteiger partial charge is 0.442 e. The van der Waals surface area contributed by atoms with E-state index in [2.05, 4.69) is 34.6 Å². The zero-order valence-corrected chi connectivity index (χ0v) is 17.8. The number of aromatic nitrogens is 2. The van der Waals surface area contributed by atoms with Crippen LogP contribution in [0.15, 0.2) is 18.2 Å². The maximum absolute atomic E-state index is 12.4. The molecule has 0 radical (unpaired) electrons. The van der Waals surface area contributed by atoms with Crippen molar-refractivity contribution in [3.05, 3.63) is 35.0 Å². The quantitative estimate of drug-likeness (QED) is 0.728. The normalized spacial score (nSPS) is 17.9. The molecule has 1 saturated heterocycles. The van der Waals surface area contributed by atoms with E-state index in [0.717, 1.165) is 55.5 Å². The van der Waals surface area contributed by atoms with Crippen LogP contribution in [0.2, 0.25) is 0 Å². The fraction of sp³-hybridized carbons (Fsp3) is 0.522. The van der Waals surface area contributed by atoms with Crippen molar-refractivity contribution in [1.29, 1.82) is 0 Å². The molecule has 160 valence electrons. The molecule has 7 heteroatoms. The number of amides is 2. The monoisotopic (exact) mass is 410 g/mol. The van der Waals surface area contributed by atoms with Crippen molar-refractivity contribution in [2.75, 3.05) is 18.0 Å². The maximum atomic E-state index is 12.4. The Bertz CT molecular complexity index is 937. The Kier molecular flexibility index (Phi) is 6.06. The number of hydrogen-bond acceptors (Lipinski definition) is 4. The first kappa shape index (κ1) is 20.4. The molecule has 1 aromatic carbocycles. The van der Waals surface area contributed by atoms with Crippen molar-refractivity contribution in [3.8, 4) is 11.3 Å². The summed E-state index contributed by atoms with van der Waals surface area (Å²) < 4.78 is 5.47. The lowest BCUT2D eigenvalue weighted by Crippen LogP contribution is -2.34. The van der Waals surface area contributed by atoms with Crippen LogP contribution in [0, 0.1) is 0 Å². The molecule has 2 amide bonds. The molecule has 0 spiro atoms. The van der Waals surface area contributed by atoms with Crippen LogP contribution in [-0.4, -0.2) is 41.4 Å². The number of cyclic esters (lactones) is 1. The Morgan fingerprint density at radius 3 is 2.97 bits per heavy atom. The predicted octanol–water partition coefficient (Wildman–Crippen LogP) is 3.76. The molecule has 1 aliphatic heterocycles. The van der Waals surface area contributed by atoms with Crippen LogP contribution in [0.3, 0.4) is 0 Å². The van der Waals surface area contributed by atoms with E-state index in [1.54, 1.807) is 4.90 Å². The van der Waals surface area contributed by atoms with Gasteiger partial charge in [0.1, 0.15) is 6.10 Å². The van der Waals surface area contributed by atoms with Gasteiger partial charge in [-0.15, -0.1) is 0 Å². The molecule has 0 saturated carbocycles. The number of rotatable bonds is 7. The summed E-state index contributed by atoms with van der Waals surface area (Å²) in [4.78, 5) is 25.8. The van der Waals surface area contributed by atoms with E-state index in [1.165, 1.54) is 16.8 Å². The van der Waals surface area contributed by atoms with E-state index < -0.39 is 0 Å². The third kappa shape index (κ3) is 4.06. The van der Waals surface area contributed by atoms with Crippen molar-refractivity contribution in [2.24, 2.45) is 0 Å². The molecule has 2 heterocycles. The first-order valence-corrected chi connectivity index (χ1v) is 11.0. The minimum Gasteiger partial charge on any atom is -0.442 e. The Balaban J connectivity index is 1.51. The highest BCUT2D eigenvalue weighted by Gasteiger charge is 2.33. The van der Waals surface area contributed by atoms with Crippen LogP contribution in [0.25, 0.3) is 11.3 Å². The van der Waals surface area contributed by atoms with Gasteiger partial charge >= 0.3 is 6.09 Å². The van der Waals surface area contributed by atoms with Crippen molar-refractivity contribution < 1.29 is 14.3 Å². The van der Waals surface area contributed by atoms with Crippen LogP contribution >= 0.6 is 0 Å². The van der Waals surface area contributed by atoms with Gasteiger partial charge in [-0.25, -0.2) is 4.79 Å². The Labute approximate surface area is 177 Å². The molecular formula is C23H30N4O3. The van der Waals surface area contributed by atoms with Crippen LogP contribution in [0.4, 0.5) is 10.5 Å². The number of H-pyrrole nitrogens is 1. The van der Waals surface area contributed by atoms with Crippen LogP contribution in [0.5, 0.6) is 0 Å². The van der Waals surface area contributed by atoms with Crippen LogP contribution < -0.4 is 10.2 Å². The standard InChI is InChI=1S/C23H30N4O3/c1-3-6-20-19-9-5-8-15-12-16(10-11-18(15)22(19)26-25-20)27-14-17(30-23(27)29)13-24-21(28)7-4-2/h10-12,17H,3-9,13-14H2,1-2H3,(H,24,28)(H,25,26). The fourth-order valence-electron chi connectivity index (χ4n) is 4.37. The van der Waals surface area contributed by atoms with E-state index in [0.29, 0.717) is 19.5 Å². The average molecular weight is 411 g/mol. The van der Waals surface area contributed by atoms with Gasteiger partial charge in [-0.3, -0.25) is 14.8 Å². The van der Waals surface area contributed by atoms with Gasteiger partial charge in [0.15, 0.2) is 0 Å². The van der Waals surface area contributed by atoms with Crippen LogP contribution in [-0.2, 0) is 28.8 Å². The number of carbonyl (C=O) groups excluding carboxylic acids is 2. The van der Waals surface area contributed by atoms with E-state index in [1.807, 2.05) is 13.0 Å². The molecule has 1 unspecified atom stereocenters. The topological polar surface area (TPSA) is 87.3 Å². The number of benzene rings is 1. The van der Waals surface area contributed by atoms with Crippen molar-refractivity contribution in [2.45, 2.75) is 64.9 Å². The molecule has 2 N–H and O–H groups in total. The summed E-state index contributed by atoms with van der Waals surface area (Å²) in [5, 5.41) is 10.7. The average Bonchev–Trinajstić information content (AvgIpc) is 3.25. The number of hydrogen-bond donors (Lipinski definition) is 2. The number of ether oxygens (including phenoxy) is 1. The highest BCUT2D eigenvalue weighted by Crippen LogP contribution is 2.35. The maximum Gasteiger partial charge on any atom is 0.414 e. The lowest BCUT2D eigenvalue weighted by Gasteiger charge is -2.16. The van der Waals surface area contributed by atoms with E-state index in [4.69, 9.17) is 4.74 Å². The molecule has 2 aromatic rings. The second kappa shape index (κ2) is 8.90. The SMILES string of the molecule is CCCC(=O)NCC1CN(c2ccc3c(c2)CCCc2c-3n[nH]c2CCC)C(=O)O1. The highest BCUT2D eigenvalue weighted by atomic mass is 16.6. The molecule has 30 heavy (non-hydrogen) atoms. The molecule has 1 fully saturated rings. The van der Waals surface area contributed by atoms with E-state index in [-0.39, 0.29) is 18.1 Å². The second-order valence-electron chi connectivity index (χ2n) is 8.14. The fourth-order valence-corrected chi connectivity index (χ4v) is 4.37. The Morgan fingerprint density at radius 2 is 2.17 bits per heavy atom. The summed E-state index contributed by atoms with van der Waals surface area (Å²) in [6.45, 7) is 4.94. The smallest absolute Gasteiger partial charge is 0.414 e. The second-order valence-corrected chi connectivity index (χ2v) is 8.14. The number of carbonyl (C=O) groups is 2. The number of aromatic amines is 1. The van der Waals surface area contributed by atoms with Crippen molar-refractivity contribution in [1.82, 2.24) is 15.5 Å². The molecular weight excluding hydrogens is 380 g/mol. The van der Waals surface area contributed by atoms with Gasteiger partial charge in [0, 0.05) is 28.9 Å². The number of aryl methyl sites for hydroxylation is 2. The number of fused-ring (bicyclic) bond motifs is 3. The van der Waals surface area contributed by atoms with E-state index >= 15 is 0 Å². The molecule has 1 atom stereocenters. The van der Waals surface area contributed by atoms with Gasteiger partial charge in [0.05, 0.1) is 18.8 Å². The number of anilines is 1. The summed E-state index contributed by atoms with van der Waals surface area (Å²) in [6.07, 6.45) is 5.77. The Morgan fingerprint density at radius 1 is 1.30 bits per heavy atom. The first-order valence-electron chi connectivity index (χ1n) is 11.0. The summed E-state index contributed by atoms with van der Waals surface area (Å²) in [6, 6.07) is 6.15. The summed E-state index contributed by atoms with van der Waals surface area (Å²) in [7, 11) is 0. The lowest BCUT2D eigenvalue weighted by molar-refractivity contribution is -0.121. The lowest BCUT2D eigenvalue weighted by atomic mass is 10.00. The predicted molar refractivity (Wildman–Crippen MR) is 116 cm³/mol. The zero-order valence-electron chi connectivity index (χ0n) is 17.8. The third-order valence-electron chi connectivity index (χ3n) is 5.86. The van der Waals surface area contributed by atoms with Gasteiger partial charge in [0.2, 0.25) is 5.91 Å². The minimum atomic E-state index is -0.357. The molecule has 1 aromatic heterocycles. The van der Waals surface area contributed by atoms with Gasteiger partial charge in [-0.1, -0.05) is 26.3 Å². The summed E-state index contributed by atoms with van der Waals surface area (Å²) >= 11 is 0. The Hall–Kier alpha value is -2.83. The molecule has 1 aliphatic carbocycles. The zero-order chi connectivity index (χ0) is 21.1. The first-order chi connectivity index (χ1) is 14.6. The highest BCUT2D eigenvalue weighted by molar-refractivity contribution is 5.90. The summed E-state index contributed by atoms with van der Waals surface area (Å²) in [5.41, 5.74) is 6.85. The van der Waals surface area contributed by atoms with E-state index in [9.17, 15) is 9.59 Å². The summed E-state index contributed by atoms with van der Waals surface area (Å²) in [5.74, 6) is -0.00530. The van der Waals surface area contributed by atoms with Gasteiger partial charge in [-0.2, -0.15) is 5.10 Å². The molecule has 2 aliphatic rings. The van der Waals surface area contributed by atoms with Gasteiger partial charge in [-0.05, 0) is 49.8 Å². The van der Waals surface area contributed by atoms with Crippen molar-refractivity contribution in [3.63, 3.8) is 0 Å². The molecule has 4 rings (SSSR count). The van der Waals surface area contributed by atoms with Gasteiger partial charge < -0.3 is 10.1 Å². The third-order valence-corrected chi connectivity index (χ3v) is 5.86. The number of nitrogens with one attached hydrogen (secondary N) is 2. The molecule has 0 bridgehead atoms. The minimum absolute atomic E-state index is 0.00530. The molecule has 7 nitrogen and oxygen atoms in total. The van der Waals surface area contributed by atoms with Gasteiger partial charge in [0.25, 0.3) is 0 Å².